The van der Waals surface area contributed by atoms with Crippen molar-refractivity contribution in [2.45, 2.75) is 30.7 Å². The number of piperidine rings is 1. The lowest BCUT2D eigenvalue weighted by Gasteiger charge is -2.35. The van der Waals surface area contributed by atoms with Crippen LogP contribution in [0.1, 0.15) is 19.8 Å². The number of carbonyl (C=O) groups is 1. The van der Waals surface area contributed by atoms with E-state index >= 15 is 0 Å². The van der Waals surface area contributed by atoms with Crippen LogP contribution in [0.5, 0.6) is 0 Å². The highest BCUT2D eigenvalue weighted by atomic mass is 35.5. The maximum Gasteiger partial charge on any atom is 0.306 e. The van der Waals surface area contributed by atoms with Gasteiger partial charge in [0.1, 0.15) is 0 Å². The van der Waals surface area contributed by atoms with Crippen molar-refractivity contribution in [2.24, 2.45) is 5.92 Å². The predicted molar refractivity (Wildman–Crippen MR) is 80.2 cm³/mol. The normalized spacial score (nSPS) is 24.0. The monoisotopic (exact) mass is 351 g/mol. The average molecular weight is 352 g/mol. The highest BCUT2D eigenvalue weighted by Gasteiger charge is 2.36. The Balaban J connectivity index is 2.28. The van der Waals surface area contributed by atoms with Gasteiger partial charge >= 0.3 is 5.97 Å². The molecule has 1 aliphatic heterocycles. The van der Waals surface area contributed by atoms with Crippen LogP contribution in [0, 0.1) is 5.92 Å². The number of hydrogen-bond donors (Lipinski definition) is 1. The molecule has 1 heterocycles. The molecule has 8 heteroatoms. The second-order valence-corrected chi connectivity index (χ2v) is 7.81. The maximum absolute atomic E-state index is 12.6. The second kappa shape index (κ2) is 6.12. The Morgan fingerprint density at radius 3 is 2.52 bits per heavy atom. The number of sulfonamides is 1. The molecular weight excluding hydrogens is 337 g/mol. The van der Waals surface area contributed by atoms with Gasteiger partial charge in [-0.25, -0.2) is 8.42 Å². The minimum absolute atomic E-state index is 0.0672. The van der Waals surface area contributed by atoms with Crippen molar-refractivity contribution >= 4 is 39.2 Å². The topological polar surface area (TPSA) is 74.7 Å². The van der Waals surface area contributed by atoms with E-state index in [-0.39, 0.29) is 27.5 Å². The molecule has 0 spiro atoms. The van der Waals surface area contributed by atoms with Crippen molar-refractivity contribution in [2.75, 3.05) is 6.54 Å². The highest BCUT2D eigenvalue weighted by Crippen LogP contribution is 2.31. The van der Waals surface area contributed by atoms with Crippen molar-refractivity contribution in [1.29, 1.82) is 0 Å². The van der Waals surface area contributed by atoms with Crippen molar-refractivity contribution < 1.29 is 18.3 Å². The van der Waals surface area contributed by atoms with E-state index in [1.807, 2.05) is 0 Å². The smallest absolute Gasteiger partial charge is 0.306 e. The van der Waals surface area contributed by atoms with Crippen LogP contribution < -0.4 is 0 Å². The molecule has 21 heavy (non-hydrogen) atoms. The summed E-state index contributed by atoms with van der Waals surface area (Å²) in [6.45, 7) is 1.89. The lowest BCUT2D eigenvalue weighted by molar-refractivity contribution is -0.143. The molecule has 1 aromatic carbocycles. The molecule has 1 fully saturated rings. The summed E-state index contributed by atoms with van der Waals surface area (Å²) in [6.07, 6.45) is 0.607. The minimum Gasteiger partial charge on any atom is -0.481 e. The van der Waals surface area contributed by atoms with E-state index in [0.29, 0.717) is 12.8 Å². The molecule has 0 aliphatic carbocycles. The van der Waals surface area contributed by atoms with Gasteiger partial charge < -0.3 is 5.11 Å². The number of rotatable bonds is 3. The molecule has 1 saturated heterocycles. The summed E-state index contributed by atoms with van der Waals surface area (Å²) < 4.78 is 26.6. The number of carboxylic acids is 1. The minimum atomic E-state index is -3.70. The molecule has 0 radical (unpaired) electrons. The molecule has 1 aromatic rings. The van der Waals surface area contributed by atoms with Crippen LogP contribution in [-0.4, -0.2) is 36.4 Å². The fourth-order valence-corrected chi connectivity index (χ4v) is 4.55. The highest BCUT2D eigenvalue weighted by molar-refractivity contribution is 7.89. The standard InChI is InChI=1S/C13H15Cl2NO4S/c1-8-6-9(13(17)18)4-5-16(8)21(19,20)10-2-3-11(14)12(15)7-10/h2-3,7-9H,4-6H2,1H3,(H,17,18). The predicted octanol–water partition coefficient (Wildman–Crippen LogP) is 2.87. The first-order chi connectivity index (χ1) is 9.73. The Labute approximate surface area is 133 Å². The van der Waals surface area contributed by atoms with E-state index in [1.165, 1.54) is 22.5 Å². The van der Waals surface area contributed by atoms with E-state index < -0.39 is 21.9 Å². The van der Waals surface area contributed by atoms with Crippen molar-refractivity contribution in [3.8, 4) is 0 Å². The van der Waals surface area contributed by atoms with Crippen molar-refractivity contribution in [3.63, 3.8) is 0 Å². The molecule has 0 bridgehead atoms. The van der Waals surface area contributed by atoms with Gasteiger partial charge in [0.25, 0.3) is 0 Å². The summed E-state index contributed by atoms with van der Waals surface area (Å²) in [5, 5.41) is 9.49. The summed E-state index contributed by atoms with van der Waals surface area (Å²) in [4.78, 5) is 11.1. The Morgan fingerprint density at radius 2 is 2.00 bits per heavy atom. The van der Waals surface area contributed by atoms with Crippen LogP contribution in [0.2, 0.25) is 10.0 Å². The van der Waals surface area contributed by atoms with Crippen LogP contribution in [0.25, 0.3) is 0 Å². The first-order valence-corrected chi connectivity index (χ1v) is 8.62. The molecule has 2 rings (SSSR count). The third kappa shape index (κ3) is 3.34. The quantitative estimate of drug-likeness (QED) is 0.908. The van der Waals surface area contributed by atoms with Crippen LogP contribution in [-0.2, 0) is 14.8 Å². The van der Waals surface area contributed by atoms with Gasteiger partial charge in [0.05, 0.1) is 20.9 Å². The zero-order valence-electron chi connectivity index (χ0n) is 11.3. The first-order valence-electron chi connectivity index (χ1n) is 6.43. The third-order valence-electron chi connectivity index (χ3n) is 3.66. The molecule has 1 N–H and O–H groups in total. The summed E-state index contributed by atoms with van der Waals surface area (Å²) in [5.74, 6) is -1.38. The molecule has 116 valence electrons. The maximum atomic E-state index is 12.6. The van der Waals surface area contributed by atoms with Crippen LogP contribution in [0.15, 0.2) is 23.1 Å². The summed E-state index contributed by atoms with van der Waals surface area (Å²) in [6, 6.07) is 3.78. The molecular formula is C13H15Cl2NO4S. The lowest BCUT2D eigenvalue weighted by Crippen LogP contribution is -2.45. The Kier molecular flexibility index (Phi) is 4.82. The van der Waals surface area contributed by atoms with Gasteiger partial charge in [0.15, 0.2) is 0 Å². The zero-order chi connectivity index (χ0) is 15.8. The van der Waals surface area contributed by atoms with E-state index in [2.05, 4.69) is 0 Å². The molecule has 2 unspecified atom stereocenters. The number of aliphatic carboxylic acids is 1. The van der Waals surface area contributed by atoms with Gasteiger partial charge in [-0.15, -0.1) is 0 Å². The SMILES string of the molecule is CC1CC(C(=O)O)CCN1S(=O)(=O)c1ccc(Cl)c(Cl)c1. The molecule has 1 aliphatic rings. The zero-order valence-corrected chi connectivity index (χ0v) is 13.6. The Hall–Kier alpha value is -0.820. The number of nitrogens with zero attached hydrogens (tertiary/aromatic N) is 1. The molecule has 0 aromatic heterocycles. The number of halogens is 2. The van der Waals surface area contributed by atoms with Gasteiger partial charge in [0, 0.05) is 12.6 Å². The third-order valence-corrected chi connectivity index (χ3v) is 6.41. The first kappa shape index (κ1) is 16.5. The van der Waals surface area contributed by atoms with E-state index in [9.17, 15) is 13.2 Å². The van der Waals surface area contributed by atoms with E-state index in [0.717, 1.165) is 0 Å². The molecule has 2 atom stereocenters. The summed E-state index contributed by atoms with van der Waals surface area (Å²) in [7, 11) is -3.70. The number of carboxylic acid groups (broad SMARTS) is 1. The van der Waals surface area contributed by atoms with E-state index in [1.54, 1.807) is 6.92 Å². The fraction of sp³-hybridized carbons (Fsp3) is 0.462. The number of benzene rings is 1. The summed E-state index contributed by atoms with van der Waals surface area (Å²) >= 11 is 11.7. The molecule has 5 nitrogen and oxygen atoms in total. The van der Waals surface area contributed by atoms with E-state index in [4.69, 9.17) is 28.3 Å². The molecule has 0 amide bonds. The van der Waals surface area contributed by atoms with Crippen LogP contribution >= 0.6 is 23.2 Å². The van der Waals surface area contributed by atoms with Gasteiger partial charge in [-0.05, 0) is 38.0 Å². The van der Waals surface area contributed by atoms with Crippen molar-refractivity contribution in [3.05, 3.63) is 28.2 Å². The Bertz CT molecular complexity index is 662. The summed E-state index contributed by atoms with van der Waals surface area (Å²) in [5.41, 5.74) is 0. The van der Waals surface area contributed by atoms with Gasteiger partial charge in [-0.3, -0.25) is 4.79 Å². The second-order valence-electron chi connectivity index (χ2n) is 5.10. The van der Waals surface area contributed by atoms with Gasteiger partial charge in [-0.1, -0.05) is 23.2 Å². The van der Waals surface area contributed by atoms with Crippen molar-refractivity contribution in [1.82, 2.24) is 4.31 Å². The lowest BCUT2D eigenvalue weighted by atomic mass is 9.93. The van der Waals surface area contributed by atoms with Gasteiger partial charge in [0.2, 0.25) is 10.0 Å². The average Bonchev–Trinajstić information content (AvgIpc) is 2.41. The van der Waals surface area contributed by atoms with Crippen LogP contribution in [0.3, 0.4) is 0 Å². The largest absolute Gasteiger partial charge is 0.481 e. The molecule has 0 saturated carbocycles. The Morgan fingerprint density at radius 1 is 1.33 bits per heavy atom. The van der Waals surface area contributed by atoms with Gasteiger partial charge in [-0.2, -0.15) is 4.31 Å². The number of hydrogen-bond acceptors (Lipinski definition) is 3. The fourth-order valence-electron chi connectivity index (χ4n) is 2.50. The van der Waals surface area contributed by atoms with Crippen LogP contribution in [0.4, 0.5) is 0 Å².